The summed E-state index contributed by atoms with van der Waals surface area (Å²) in [5.74, 6) is 1.14. The second kappa shape index (κ2) is 8.08. The summed E-state index contributed by atoms with van der Waals surface area (Å²) in [6.45, 7) is 6.32. The molecule has 0 aliphatic heterocycles. The maximum atomic E-state index is 3.68. The summed E-state index contributed by atoms with van der Waals surface area (Å²) in [6, 6.07) is 7.15. The Balaban J connectivity index is 2.78. The van der Waals surface area contributed by atoms with Crippen LogP contribution >= 0.6 is 27.7 Å². The Hall–Kier alpha value is -0.190. The van der Waals surface area contributed by atoms with Gasteiger partial charge in [0.1, 0.15) is 0 Å². The van der Waals surface area contributed by atoms with E-state index in [1.807, 2.05) is 11.8 Å². The summed E-state index contributed by atoms with van der Waals surface area (Å²) >= 11 is 5.57. The number of rotatable bonds is 7. The van der Waals surface area contributed by atoms with Crippen molar-refractivity contribution in [2.45, 2.75) is 26.4 Å². The molecule has 0 fully saturated rings. The molecule has 0 heterocycles. The fraction of sp³-hybridized carbons (Fsp3) is 0.571. The van der Waals surface area contributed by atoms with Gasteiger partial charge in [0.2, 0.25) is 0 Å². The Kier molecular flexibility index (Phi) is 7.12. The van der Waals surface area contributed by atoms with Crippen LogP contribution in [0.4, 0.5) is 5.69 Å². The van der Waals surface area contributed by atoms with Gasteiger partial charge in [0.05, 0.1) is 5.69 Å². The summed E-state index contributed by atoms with van der Waals surface area (Å²) in [5, 5.41) is 3.35. The average Bonchev–Trinajstić information content (AvgIpc) is 2.36. The lowest BCUT2D eigenvalue weighted by atomic mass is 10.2. The van der Waals surface area contributed by atoms with Crippen molar-refractivity contribution in [1.82, 2.24) is 5.32 Å². The molecule has 0 saturated carbocycles. The lowest BCUT2D eigenvalue weighted by Gasteiger charge is -2.27. The van der Waals surface area contributed by atoms with Gasteiger partial charge in [0, 0.05) is 29.9 Å². The van der Waals surface area contributed by atoms with Crippen molar-refractivity contribution in [1.29, 1.82) is 0 Å². The Morgan fingerprint density at radius 2 is 2.17 bits per heavy atom. The summed E-state index contributed by atoms with van der Waals surface area (Å²) < 4.78 is 1.17. The lowest BCUT2D eigenvalue weighted by molar-refractivity contribution is 0.725. The van der Waals surface area contributed by atoms with Crippen molar-refractivity contribution in [3.05, 3.63) is 28.2 Å². The van der Waals surface area contributed by atoms with Crippen molar-refractivity contribution in [3.63, 3.8) is 0 Å². The zero-order chi connectivity index (χ0) is 13.5. The Morgan fingerprint density at radius 3 is 2.72 bits per heavy atom. The molecule has 102 valence electrons. The van der Waals surface area contributed by atoms with Crippen LogP contribution in [0.15, 0.2) is 22.7 Å². The topological polar surface area (TPSA) is 15.3 Å². The predicted molar refractivity (Wildman–Crippen MR) is 87.8 cm³/mol. The van der Waals surface area contributed by atoms with Crippen molar-refractivity contribution in [3.8, 4) is 0 Å². The first-order chi connectivity index (χ1) is 8.60. The standard InChI is InChI=1S/C14H23BrN2S/c1-5-16-9-12-6-7-14(13(15)8-12)17(3)11(2)10-18-4/h6-8,11,16H,5,9-10H2,1-4H3. The SMILES string of the molecule is CCNCc1ccc(N(C)C(C)CSC)c(Br)c1. The van der Waals surface area contributed by atoms with Crippen LogP contribution in [0.3, 0.4) is 0 Å². The highest BCUT2D eigenvalue weighted by Crippen LogP contribution is 2.28. The fourth-order valence-electron chi connectivity index (χ4n) is 1.81. The van der Waals surface area contributed by atoms with E-state index in [0.717, 1.165) is 18.8 Å². The second-order valence-electron chi connectivity index (χ2n) is 4.48. The van der Waals surface area contributed by atoms with Gasteiger partial charge in [-0.1, -0.05) is 13.0 Å². The highest BCUT2D eigenvalue weighted by Gasteiger charge is 2.12. The number of hydrogen-bond donors (Lipinski definition) is 1. The van der Waals surface area contributed by atoms with Crippen molar-refractivity contribution >= 4 is 33.4 Å². The molecule has 0 radical (unpaired) electrons. The number of halogens is 1. The van der Waals surface area contributed by atoms with Crippen LogP contribution in [0.2, 0.25) is 0 Å². The molecule has 0 aliphatic carbocycles. The van der Waals surface area contributed by atoms with Crippen LogP contribution in [0, 0.1) is 0 Å². The van der Waals surface area contributed by atoms with Gasteiger partial charge in [-0.2, -0.15) is 11.8 Å². The fourth-order valence-corrected chi connectivity index (χ4v) is 3.22. The van der Waals surface area contributed by atoms with E-state index in [0.29, 0.717) is 6.04 Å². The number of nitrogens with one attached hydrogen (secondary N) is 1. The van der Waals surface area contributed by atoms with Crippen LogP contribution in [0.1, 0.15) is 19.4 Å². The summed E-state index contributed by atoms with van der Waals surface area (Å²) in [4.78, 5) is 2.33. The Labute approximate surface area is 124 Å². The molecule has 18 heavy (non-hydrogen) atoms. The molecule has 4 heteroatoms. The van der Waals surface area contributed by atoms with Crippen molar-refractivity contribution in [2.75, 3.05) is 30.5 Å². The van der Waals surface area contributed by atoms with Crippen LogP contribution in [0.5, 0.6) is 0 Å². The molecular weight excluding hydrogens is 308 g/mol. The minimum absolute atomic E-state index is 0.538. The Morgan fingerprint density at radius 1 is 1.44 bits per heavy atom. The quantitative estimate of drug-likeness (QED) is 0.819. The average molecular weight is 331 g/mol. The molecule has 0 bridgehead atoms. The molecule has 0 aromatic heterocycles. The molecular formula is C14H23BrN2S. The maximum Gasteiger partial charge on any atom is 0.0510 e. The van der Waals surface area contributed by atoms with Gasteiger partial charge in [0.15, 0.2) is 0 Å². The third-order valence-electron chi connectivity index (χ3n) is 3.04. The first kappa shape index (κ1) is 15.9. The first-order valence-electron chi connectivity index (χ1n) is 6.31. The van der Waals surface area contributed by atoms with Crippen LogP contribution < -0.4 is 10.2 Å². The van der Waals surface area contributed by atoms with E-state index < -0.39 is 0 Å². The third kappa shape index (κ3) is 4.48. The number of thioether (sulfide) groups is 1. The monoisotopic (exact) mass is 330 g/mol. The largest absolute Gasteiger partial charge is 0.370 e. The molecule has 0 saturated heterocycles. The minimum atomic E-state index is 0.538. The summed E-state index contributed by atoms with van der Waals surface area (Å²) in [6.07, 6.45) is 2.15. The molecule has 0 spiro atoms. The number of nitrogens with zero attached hydrogens (tertiary/aromatic N) is 1. The van der Waals surface area contributed by atoms with Gasteiger partial charge in [-0.15, -0.1) is 0 Å². The smallest absolute Gasteiger partial charge is 0.0510 e. The second-order valence-corrected chi connectivity index (χ2v) is 6.25. The molecule has 1 atom stereocenters. The lowest BCUT2D eigenvalue weighted by Crippen LogP contribution is -2.31. The van der Waals surface area contributed by atoms with E-state index in [2.05, 4.69) is 71.5 Å². The zero-order valence-corrected chi connectivity index (χ0v) is 14.1. The van der Waals surface area contributed by atoms with E-state index in [-0.39, 0.29) is 0 Å². The number of hydrogen-bond acceptors (Lipinski definition) is 3. The predicted octanol–water partition coefficient (Wildman–Crippen LogP) is 3.75. The summed E-state index contributed by atoms with van der Waals surface area (Å²) in [7, 11) is 2.16. The van der Waals surface area contributed by atoms with Crippen LogP contribution in [0.25, 0.3) is 0 Å². The van der Waals surface area contributed by atoms with Crippen LogP contribution in [-0.2, 0) is 6.54 Å². The van der Waals surface area contributed by atoms with Gasteiger partial charge in [-0.25, -0.2) is 0 Å². The van der Waals surface area contributed by atoms with Crippen molar-refractivity contribution < 1.29 is 0 Å². The molecule has 1 rings (SSSR count). The van der Waals surface area contributed by atoms with Crippen LogP contribution in [-0.4, -0.2) is 31.6 Å². The molecule has 0 amide bonds. The van der Waals surface area contributed by atoms with E-state index >= 15 is 0 Å². The molecule has 1 aromatic carbocycles. The zero-order valence-electron chi connectivity index (χ0n) is 11.7. The third-order valence-corrected chi connectivity index (χ3v) is 4.49. The minimum Gasteiger partial charge on any atom is -0.370 e. The molecule has 0 aliphatic rings. The van der Waals surface area contributed by atoms with Gasteiger partial charge in [-0.05, 0) is 53.4 Å². The Bertz CT molecular complexity index is 371. The number of benzene rings is 1. The van der Waals surface area contributed by atoms with E-state index in [1.54, 1.807) is 0 Å². The van der Waals surface area contributed by atoms with Gasteiger partial charge in [-0.3, -0.25) is 0 Å². The molecule has 1 aromatic rings. The highest BCUT2D eigenvalue weighted by atomic mass is 79.9. The molecule has 2 nitrogen and oxygen atoms in total. The molecule has 1 unspecified atom stereocenters. The van der Waals surface area contributed by atoms with E-state index in [1.165, 1.54) is 15.7 Å². The summed E-state index contributed by atoms with van der Waals surface area (Å²) in [5.41, 5.74) is 2.58. The highest BCUT2D eigenvalue weighted by molar-refractivity contribution is 9.10. The van der Waals surface area contributed by atoms with Gasteiger partial charge in [0.25, 0.3) is 0 Å². The normalized spacial score (nSPS) is 12.5. The van der Waals surface area contributed by atoms with E-state index in [9.17, 15) is 0 Å². The van der Waals surface area contributed by atoms with Gasteiger partial charge >= 0.3 is 0 Å². The van der Waals surface area contributed by atoms with Crippen molar-refractivity contribution in [2.24, 2.45) is 0 Å². The maximum absolute atomic E-state index is 3.68. The van der Waals surface area contributed by atoms with Gasteiger partial charge < -0.3 is 10.2 Å². The first-order valence-corrected chi connectivity index (χ1v) is 8.49. The molecule has 1 N–H and O–H groups in total. The number of anilines is 1. The van der Waals surface area contributed by atoms with E-state index in [4.69, 9.17) is 0 Å².